The van der Waals surface area contributed by atoms with Crippen LogP contribution in [0.15, 0.2) is 54.7 Å². The van der Waals surface area contributed by atoms with Crippen LogP contribution in [0, 0.1) is 17.1 Å². The van der Waals surface area contributed by atoms with Gasteiger partial charge in [0, 0.05) is 30.4 Å². The second-order valence-corrected chi connectivity index (χ2v) is 8.57. The quantitative estimate of drug-likeness (QED) is 0.449. The van der Waals surface area contributed by atoms with Crippen molar-refractivity contribution in [2.45, 2.75) is 44.3 Å². The molecule has 0 saturated heterocycles. The standard InChI is InChI=1S/C25H25ClFN5/c26-23-15-31-25(32-21-8-6-20(29)7-9-21)12-22(23)17-4-5-18(13-28)24(11-17)30-14-16-2-1-3-19(27)10-16/h1-5,10-12,15,20-21,30H,6-9,14,29H2,(H,31,32). The number of nitrogens with one attached hydrogen (secondary N) is 2. The van der Waals surface area contributed by atoms with Gasteiger partial charge in [0.15, 0.2) is 0 Å². The molecule has 5 nitrogen and oxygen atoms in total. The molecule has 0 aliphatic heterocycles. The number of benzene rings is 2. The molecule has 0 radical (unpaired) electrons. The highest BCUT2D eigenvalue weighted by atomic mass is 35.5. The van der Waals surface area contributed by atoms with Crippen molar-refractivity contribution in [3.63, 3.8) is 0 Å². The lowest BCUT2D eigenvalue weighted by Crippen LogP contribution is -2.33. The maximum Gasteiger partial charge on any atom is 0.126 e. The first kappa shape index (κ1) is 22.1. The van der Waals surface area contributed by atoms with E-state index in [1.54, 1.807) is 18.3 Å². The van der Waals surface area contributed by atoms with Gasteiger partial charge in [-0.25, -0.2) is 9.37 Å². The highest BCUT2D eigenvalue weighted by Gasteiger charge is 2.19. The van der Waals surface area contributed by atoms with Gasteiger partial charge in [0.2, 0.25) is 0 Å². The average molecular weight is 450 g/mol. The number of nitrogens with two attached hydrogens (primary N) is 1. The van der Waals surface area contributed by atoms with Crippen molar-refractivity contribution in [1.29, 1.82) is 5.26 Å². The number of nitrogens with zero attached hydrogens (tertiary/aromatic N) is 2. The van der Waals surface area contributed by atoms with E-state index in [4.69, 9.17) is 17.3 Å². The zero-order valence-electron chi connectivity index (χ0n) is 17.6. The van der Waals surface area contributed by atoms with Gasteiger partial charge < -0.3 is 16.4 Å². The molecular weight excluding hydrogens is 425 g/mol. The first-order valence-corrected chi connectivity index (χ1v) is 11.1. The Balaban J connectivity index is 1.56. The Bertz CT molecular complexity index is 1140. The molecule has 1 aliphatic rings. The van der Waals surface area contributed by atoms with Gasteiger partial charge in [0.1, 0.15) is 17.7 Å². The highest BCUT2D eigenvalue weighted by Crippen LogP contribution is 2.33. The Morgan fingerprint density at radius 2 is 1.94 bits per heavy atom. The fourth-order valence-corrected chi connectivity index (χ4v) is 4.22. The van der Waals surface area contributed by atoms with Crippen molar-refractivity contribution in [2.24, 2.45) is 5.73 Å². The minimum Gasteiger partial charge on any atom is -0.380 e. The van der Waals surface area contributed by atoms with Gasteiger partial charge in [-0.2, -0.15) is 5.26 Å². The van der Waals surface area contributed by atoms with Crippen LogP contribution < -0.4 is 16.4 Å². The third kappa shape index (κ3) is 5.37. The molecule has 4 N–H and O–H groups in total. The molecular formula is C25H25ClFN5. The van der Waals surface area contributed by atoms with Crippen LogP contribution in [0.5, 0.6) is 0 Å². The summed E-state index contributed by atoms with van der Waals surface area (Å²) in [5.41, 5.74) is 9.67. The van der Waals surface area contributed by atoms with E-state index in [-0.39, 0.29) is 5.82 Å². The number of nitriles is 1. The second-order valence-electron chi connectivity index (χ2n) is 8.16. The van der Waals surface area contributed by atoms with Crippen LogP contribution in [0.25, 0.3) is 11.1 Å². The first-order chi connectivity index (χ1) is 15.5. The summed E-state index contributed by atoms with van der Waals surface area (Å²) in [7, 11) is 0. The molecule has 0 atom stereocenters. The fraction of sp³-hybridized carbons (Fsp3) is 0.280. The topological polar surface area (TPSA) is 86.8 Å². The normalized spacial score (nSPS) is 18.1. The van der Waals surface area contributed by atoms with Crippen molar-refractivity contribution in [3.05, 3.63) is 76.7 Å². The lowest BCUT2D eigenvalue weighted by atomic mass is 9.92. The van der Waals surface area contributed by atoms with Crippen molar-refractivity contribution >= 4 is 23.1 Å². The van der Waals surface area contributed by atoms with E-state index < -0.39 is 0 Å². The molecule has 4 rings (SSSR count). The predicted octanol–water partition coefficient (Wildman–Crippen LogP) is 5.71. The maximum absolute atomic E-state index is 13.5. The molecule has 1 heterocycles. The lowest BCUT2D eigenvalue weighted by molar-refractivity contribution is 0.410. The average Bonchev–Trinajstić information content (AvgIpc) is 2.80. The maximum atomic E-state index is 13.5. The Kier molecular flexibility index (Phi) is 6.89. The Morgan fingerprint density at radius 3 is 2.69 bits per heavy atom. The van der Waals surface area contributed by atoms with Gasteiger partial charge in [-0.3, -0.25) is 0 Å². The van der Waals surface area contributed by atoms with Crippen LogP contribution >= 0.6 is 11.6 Å². The molecule has 164 valence electrons. The summed E-state index contributed by atoms with van der Waals surface area (Å²) in [4.78, 5) is 4.44. The lowest BCUT2D eigenvalue weighted by Gasteiger charge is -2.27. The Morgan fingerprint density at radius 1 is 1.12 bits per heavy atom. The Labute approximate surface area is 192 Å². The number of pyridine rings is 1. The van der Waals surface area contributed by atoms with E-state index in [0.29, 0.717) is 34.9 Å². The summed E-state index contributed by atoms with van der Waals surface area (Å²) >= 11 is 6.48. The molecule has 7 heteroatoms. The molecule has 1 fully saturated rings. The fourth-order valence-electron chi connectivity index (χ4n) is 4.01. The van der Waals surface area contributed by atoms with Crippen LogP contribution in [0.3, 0.4) is 0 Å². The van der Waals surface area contributed by atoms with Crippen molar-refractivity contribution < 1.29 is 4.39 Å². The smallest absolute Gasteiger partial charge is 0.126 e. The molecule has 32 heavy (non-hydrogen) atoms. The van der Waals surface area contributed by atoms with E-state index >= 15 is 0 Å². The summed E-state index contributed by atoms with van der Waals surface area (Å²) < 4.78 is 13.5. The van der Waals surface area contributed by atoms with Crippen molar-refractivity contribution in [3.8, 4) is 17.2 Å². The van der Waals surface area contributed by atoms with Gasteiger partial charge in [-0.1, -0.05) is 29.8 Å². The predicted molar refractivity (Wildman–Crippen MR) is 127 cm³/mol. The van der Waals surface area contributed by atoms with Crippen LogP contribution in [0.4, 0.5) is 15.9 Å². The zero-order chi connectivity index (χ0) is 22.5. The molecule has 0 bridgehead atoms. The van der Waals surface area contributed by atoms with Crippen LogP contribution in [-0.2, 0) is 6.54 Å². The summed E-state index contributed by atoms with van der Waals surface area (Å²) in [5.74, 6) is 0.477. The number of aromatic nitrogens is 1. The summed E-state index contributed by atoms with van der Waals surface area (Å²) in [6.07, 6.45) is 5.70. The van der Waals surface area contributed by atoms with Crippen molar-refractivity contribution in [2.75, 3.05) is 10.6 Å². The number of anilines is 2. The van der Waals surface area contributed by atoms with E-state index in [0.717, 1.165) is 48.2 Å². The van der Waals surface area contributed by atoms with E-state index in [1.165, 1.54) is 12.1 Å². The van der Waals surface area contributed by atoms with Gasteiger partial charge in [-0.15, -0.1) is 0 Å². The second kappa shape index (κ2) is 9.99. The first-order valence-electron chi connectivity index (χ1n) is 10.7. The van der Waals surface area contributed by atoms with Gasteiger partial charge in [0.05, 0.1) is 16.3 Å². The number of hydrogen-bond acceptors (Lipinski definition) is 5. The largest absolute Gasteiger partial charge is 0.380 e. The van der Waals surface area contributed by atoms with Crippen molar-refractivity contribution in [1.82, 2.24) is 4.98 Å². The molecule has 0 spiro atoms. The van der Waals surface area contributed by atoms with Crippen LogP contribution in [0.1, 0.15) is 36.8 Å². The van der Waals surface area contributed by atoms with E-state index in [9.17, 15) is 9.65 Å². The number of rotatable bonds is 6. The molecule has 1 aliphatic carbocycles. The van der Waals surface area contributed by atoms with Crippen LogP contribution in [0.2, 0.25) is 5.02 Å². The van der Waals surface area contributed by atoms with Gasteiger partial charge >= 0.3 is 0 Å². The monoisotopic (exact) mass is 449 g/mol. The third-order valence-electron chi connectivity index (χ3n) is 5.80. The molecule has 0 unspecified atom stereocenters. The third-order valence-corrected chi connectivity index (χ3v) is 6.10. The summed E-state index contributed by atoms with van der Waals surface area (Å²) in [6, 6.07) is 16.7. The highest BCUT2D eigenvalue weighted by molar-refractivity contribution is 6.33. The molecule has 0 amide bonds. The molecule has 1 saturated carbocycles. The minimum atomic E-state index is -0.290. The van der Waals surface area contributed by atoms with Gasteiger partial charge in [-0.05, 0) is 67.1 Å². The van der Waals surface area contributed by atoms with Crippen LogP contribution in [-0.4, -0.2) is 17.1 Å². The SMILES string of the molecule is N#Cc1ccc(-c2cc(NC3CCC(N)CC3)ncc2Cl)cc1NCc1cccc(F)c1. The molecule has 1 aromatic heterocycles. The number of hydrogen-bond donors (Lipinski definition) is 3. The summed E-state index contributed by atoms with van der Waals surface area (Å²) in [6.45, 7) is 0.399. The Hall–Kier alpha value is -3.14. The summed E-state index contributed by atoms with van der Waals surface area (Å²) in [5, 5.41) is 16.8. The molecule has 3 aromatic rings. The van der Waals surface area contributed by atoms with E-state index in [1.807, 2.05) is 24.3 Å². The van der Waals surface area contributed by atoms with Gasteiger partial charge in [0.25, 0.3) is 0 Å². The minimum absolute atomic E-state index is 0.290. The number of halogens is 2. The van der Waals surface area contributed by atoms with E-state index in [2.05, 4.69) is 21.7 Å². The molecule has 2 aromatic carbocycles. The zero-order valence-corrected chi connectivity index (χ0v) is 18.4.